The van der Waals surface area contributed by atoms with Crippen molar-refractivity contribution < 1.29 is 5.11 Å². The minimum absolute atomic E-state index is 0.483. The third-order valence-electron chi connectivity index (χ3n) is 2.79. The van der Waals surface area contributed by atoms with Crippen LogP contribution in [0.2, 0.25) is 10.0 Å². The van der Waals surface area contributed by atoms with E-state index in [0.717, 1.165) is 11.4 Å². The molecule has 1 aromatic carbocycles. The molecule has 0 aliphatic rings. The zero-order chi connectivity index (χ0) is 13.1. The third kappa shape index (κ3) is 3.25. The van der Waals surface area contributed by atoms with Gasteiger partial charge in [-0.05, 0) is 24.1 Å². The van der Waals surface area contributed by atoms with Gasteiger partial charge in [0.25, 0.3) is 0 Å². The van der Waals surface area contributed by atoms with Crippen LogP contribution in [0.1, 0.15) is 11.4 Å². The summed E-state index contributed by atoms with van der Waals surface area (Å²) in [5, 5.41) is 11.1. The number of rotatable bonds is 4. The number of imidazole rings is 1. The van der Waals surface area contributed by atoms with Gasteiger partial charge in [0.15, 0.2) is 0 Å². The van der Waals surface area contributed by atoms with Crippen LogP contribution in [0.5, 0.6) is 0 Å². The van der Waals surface area contributed by atoms with Crippen LogP contribution in [0.3, 0.4) is 0 Å². The highest BCUT2D eigenvalue weighted by Gasteiger charge is 2.10. The molecule has 1 heterocycles. The van der Waals surface area contributed by atoms with Gasteiger partial charge in [-0.25, -0.2) is 4.98 Å². The molecule has 0 saturated heterocycles. The fraction of sp³-hybridized carbons (Fsp3) is 0.308. The molecule has 1 atom stereocenters. The second kappa shape index (κ2) is 5.74. The summed E-state index contributed by atoms with van der Waals surface area (Å²) in [6.45, 7) is 0. The summed E-state index contributed by atoms with van der Waals surface area (Å²) in [7, 11) is 1.91. The highest BCUT2D eigenvalue weighted by Crippen LogP contribution is 2.23. The normalized spacial score (nSPS) is 12.7. The molecule has 96 valence electrons. The predicted molar refractivity (Wildman–Crippen MR) is 73.1 cm³/mol. The molecule has 5 heteroatoms. The van der Waals surface area contributed by atoms with Gasteiger partial charge in [-0.3, -0.25) is 0 Å². The summed E-state index contributed by atoms with van der Waals surface area (Å²) in [6, 6.07) is 5.40. The first kappa shape index (κ1) is 13.4. The van der Waals surface area contributed by atoms with Gasteiger partial charge in [0.2, 0.25) is 0 Å². The highest BCUT2D eigenvalue weighted by atomic mass is 35.5. The van der Waals surface area contributed by atoms with Crippen molar-refractivity contribution in [3.8, 4) is 0 Å². The van der Waals surface area contributed by atoms with Crippen molar-refractivity contribution in [1.29, 1.82) is 0 Å². The van der Waals surface area contributed by atoms with E-state index in [1.807, 2.05) is 23.9 Å². The molecule has 18 heavy (non-hydrogen) atoms. The van der Waals surface area contributed by atoms with Crippen LogP contribution in [-0.4, -0.2) is 20.8 Å². The number of benzene rings is 1. The molecule has 0 aliphatic heterocycles. The Morgan fingerprint density at radius 1 is 1.28 bits per heavy atom. The van der Waals surface area contributed by atoms with Crippen molar-refractivity contribution in [2.75, 3.05) is 0 Å². The van der Waals surface area contributed by atoms with E-state index in [1.165, 1.54) is 0 Å². The molecule has 2 rings (SSSR count). The van der Waals surface area contributed by atoms with Gasteiger partial charge < -0.3 is 9.67 Å². The zero-order valence-corrected chi connectivity index (χ0v) is 11.5. The second-order valence-corrected chi connectivity index (χ2v) is 5.08. The van der Waals surface area contributed by atoms with Crippen LogP contribution in [0.25, 0.3) is 0 Å². The molecule has 0 fully saturated rings. The molecular formula is C13H14Cl2N2O. The first-order chi connectivity index (χ1) is 8.56. The fourth-order valence-corrected chi connectivity index (χ4v) is 2.14. The molecule has 0 spiro atoms. The monoisotopic (exact) mass is 284 g/mol. The van der Waals surface area contributed by atoms with Gasteiger partial charge in [0, 0.05) is 25.9 Å². The molecule has 2 aromatic rings. The molecule has 0 saturated carbocycles. The molecule has 0 bridgehead atoms. The van der Waals surface area contributed by atoms with E-state index in [-0.39, 0.29) is 0 Å². The zero-order valence-electron chi connectivity index (χ0n) is 9.98. The Bertz CT molecular complexity index is 540. The lowest BCUT2D eigenvalue weighted by Gasteiger charge is -2.11. The van der Waals surface area contributed by atoms with Gasteiger partial charge in [0.1, 0.15) is 5.82 Å². The summed E-state index contributed by atoms with van der Waals surface area (Å²) < 4.78 is 1.90. The van der Waals surface area contributed by atoms with E-state index in [0.29, 0.717) is 22.9 Å². The van der Waals surface area contributed by atoms with Crippen molar-refractivity contribution in [3.05, 3.63) is 52.0 Å². The Balaban J connectivity index is 2.01. The van der Waals surface area contributed by atoms with Gasteiger partial charge in [-0.15, -0.1) is 0 Å². The van der Waals surface area contributed by atoms with Gasteiger partial charge in [-0.1, -0.05) is 29.3 Å². The van der Waals surface area contributed by atoms with Gasteiger partial charge in [-0.2, -0.15) is 0 Å². The average molecular weight is 285 g/mol. The first-order valence-electron chi connectivity index (χ1n) is 5.64. The number of hydrogen-bond acceptors (Lipinski definition) is 2. The SMILES string of the molecule is Cn1ccnc1CC(O)Cc1ccc(Cl)c(Cl)c1. The molecule has 3 nitrogen and oxygen atoms in total. The van der Waals surface area contributed by atoms with Gasteiger partial charge >= 0.3 is 0 Å². The predicted octanol–water partition coefficient (Wildman–Crippen LogP) is 2.87. The molecule has 0 amide bonds. The molecule has 1 aromatic heterocycles. The number of nitrogens with zero attached hydrogens (tertiary/aromatic N) is 2. The number of halogens is 2. The van der Waals surface area contributed by atoms with Crippen molar-refractivity contribution in [3.63, 3.8) is 0 Å². The highest BCUT2D eigenvalue weighted by molar-refractivity contribution is 6.42. The number of aryl methyl sites for hydroxylation is 1. The lowest BCUT2D eigenvalue weighted by molar-refractivity contribution is 0.172. The molecule has 1 N–H and O–H groups in total. The van der Waals surface area contributed by atoms with E-state index in [2.05, 4.69) is 4.98 Å². The first-order valence-corrected chi connectivity index (χ1v) is 6.40. The Labute approximate surface area is 116 Å². The van der Waals surface area contributed by atoms with Crippen LogP contribution >= 0.6 is 23.2 Å². The van der Waals surface area contributed by atoms with Gasteiger partial charge in [0.05, 0.1) is 16.1 Å². The molecular weight excluding hydrogens is 271 g/mol. The molecule has 0 aliphatic carbocycles. The van der Waals surface area contributed by atoms with Crippen LogP contribution in [0.15, 0.2) is 30.6 Å². The van der Waals surface area contributed by atoms with Crippen LogP contribution in [0, 0.1) is 0 Å². The smallest absolute Gasteiger partial charge is 0.110 e. The van der Waals surface area contributed by atoms with Crippen molar-refractivity contribution >= 4 is 23.2 Å². The largest absolute Gasteiger partial charge is 0.392 e. The van der Waals surface area contributed by atoms with Crippen LogP contribution < -0.4 is 0 Å². The number of aliphatic hydroxyl groups excluding tert-OH is 1. The Hall–Kier alpha value is -1.03. The van der Waals surface area contributed by atoms with Crippen LogP contribution in [0.4, 0.5) is 0 Å². The average Bonchev–Trinajstić information content (AvgIpc) is 2.70. The van der Waals surface area contributed by atoms with Crippen molar-refractivity contribution in [1.82, 2.24) is 9.55 Å². The maximum Gasteiger partial charge on any atom is 0.110 e. The van der Waals surface area contributed by atoms with Crippen LogP contribution in [-0.2, 0) is 19.9 Å². The summed E-state index contributed by atoms with van der Waals surface area (Å²) in [5.41, 5.74) is 0.964. The Morgan fingerprint density at radius 3 is 2.67 bits per heavy atom. The Morgan fingerprint density at radius 2 is 2.06 bits per heavy atom. The van der Waals surface area contributed by atoms with E-state index in [9.17, 15) is 5.11 Å². The summed E-state index contributed by atoms with van der Waals surface area (Å²) in [4.78, 5) is 4.18. The lowest BCUT2D eigenvalue weighted by Crippen LogP contribution is -2.16. The number of aliphatic hydroxyl groups is 1. The van der Waals surface area contributed by atoms with E-state index in [1.54, 1.807) is 18.3 Å². The standard InChI is InChI=1S/C13H14Cl2N2O/c1-17-5-4-16-13(17)8-10(18)6-9-2-3-11(14)12(15)7-9/h2-5,7,10,18H,6,8H2,1H3. The second-order valence-electron chi connectivity index (χ2n) is 4.26. The topological polar surface area (TPSA) is 38.0 Å². The number of aromatic nitrogens is 2. The quantitative estimate of drug-likeness (QED) is 0.938. The summed E-state index contributed by atoms with van der Waals surface area (Å²) >= 11 is 11.8. The third-order valence-corrected chi connectivity index (χ3v) is 3.53. The molecule has 0 radical (unpaired) electrons. The number of hydrogen-bond donors (Lipinski definition) is 1. The fourth-order valence-electron chi connectivity index (χ4n) is 1.81. The maximum atomic E-state index is 10.0. The maximum absolute atomic E-state index is 10.0. The minimum Gasteiger partial charge on any atom is -0.392 e. The van der Waals surface area contributed by atoms with E-state index in [4.69, 9.17) is 23.2 Å². The van der Waals surface area contributed by atoms with E-state index >= 15 is 0 Å². The summed E-state index contributed by atoms with van der Waals surface area (Å²) in [6.07, 6.45) is 4.15. The lowest BCUT2D eigenvalue weighted by atomic mass is 10.1. The summed E-state index contributed by atoms with van der Waals surface area (Å²) in [5.74, 6) is 0.863. The Kier molecular flexibility index (Phi) is 4.27. The molecule has 1 unspecified atom stereocenters. The minimum atomic E-state index is -0.483. The van der Waals surface area contributed by atoms with E-state index < -0.39 is 6.10 Å². The van der Waals surface area contributed by atoms with Crippen molar-refractivity contribution in [2.45, 2.75) is 18.9 Å². The van der Waals surface area contributed by atoms with Crippen molar-refractivity contribution in [2.24, 2.45) is 7.05 Å².